The number of hydrogen-bond acceptors (Lipinski definition) is 2. The Morgan fingerprint density at radius 2 is 2.26 bits per heavy atom. The maximum Gasteiger partial charge on any atom is 0.228 e. The Hall–Kier alpha value is -2.10. The van der Waals surface area contributed by atoms with Crippen LogP contribution >= 0.6 is 0 Å². The summed E-state index contributed by atoms with van der Waals surface area (Å²) in [6, 6.07) is 5.83. The van der Waals surface area contributed by atoms with E-state index in [0.29, 0.717) is 11.8 Å². The van der Waals surface area contributed by atoms with E-state index in [0.717, 1.165) is 29.4 Å². The molecule has 1 heterocycles. The number of rotatable bonds is 2. The molecule has 0 saturated heterocycles. The summed E-state index contributed by atoms with van der Waals surface area (Å²) in [6.45, 7) is 0. The summed E-state index contributed by atoms with van der Waals surface area (Å²) < 4.78 is 0. The molecule has 3 unspecified atom stereocenters. The first-order valence-corrected chi connectivity index (χ1v) is 6.72. The van der Waals surface area contributed by atoms with Crippen molar-refractivity contribution in [1.29, 1.82) is 0 Å². The van der Waals surface area contributed by atoms with Gasteiger partial charge in [-0.2, -0.15) is 5.10 Å². The largest absolute Gasteiger partial charge is 0.326 e. The number of carbonyl (C=O) groups is 1. The molecular weight excluding hydrogens is 238 g/mol. The fourth-order valence-electron chi connectivity index (χ4n) is 3.33. The van der Waals surface area contributed by atoms with E-state index < -0.39 is 0 Å². The third-order valence-electron chi connectivity index (χ3n) is 4.33. The molecule has 0 spiro atoms. The number of nitrogens with zero attached hydrogens (tertiary/aromatic N) is 1. The number of H-pyrrole nitrogens is 1. The highest BCUT2D eigenvalue weighted by Gasteiger charge is 2.39. The van der Waals surface area contributed by atoms with Crippen LogP contribution in [0.3, 0.4) is 0 Å². The summed E-state index contributed by atoms with van der Waals surface area (Å²) in [5.74, 6) is 1.36. The predicted molar refractivity (Wildman–Crippen MR) is 73.6 cm³/mol. The van der Waals surface area contributed by atoms with Gasteiger partial charge in [-0.15, -0.1) is 0 Å². The number of amides is 1. The summed E-state index contributed by atoms with van der Waals surface area (Å²) in [4.78, 5) is 12.3. The Balaban J connectivity index is 1.54. The zero-order valence-electron chi connectivity index (χ0n) is 10.5. The Morgan fingerprint density at radius 3 is 3.05 bits per heavy atom. The number of carbonyl (C=O) groups excluding carboxylic acids is 1. The maximum absolute atomic E-state index is 12.3. The van der Waals surface area contributed by atoms with Crippen molar-refractivity contribution in [3.8, 4) is 0 Å². The van der Waals surface area contributed by atoms with Gasteiger partial charge >= 0.3 is 0 Å². The number of fused-ring (bicyclic) bond motifs is 3. The Labute approximate surface area is 110 Å². The Morgan fingerprint density at radius 1 is 1.32 bits per heavy atom. The van der Waals surface area contributed by atoms with E-state index in [-0.39, 0.29) is 11.8 Å². The molecule has 4 rings (SSSR count). The number of nitrogens with one attached hydrogen (secondary N) is 2. The third kappa shape index (κ3) is 1.75. The molecule has 1 amide bonds. The van der Waals surface area contributed by atoms with Crippen LogP contribution in [0.4, 0.5) is 5.69 Å². The number of aromatic amines is 1. The van der Waals surface area contributed by atoms with Crippen LogP contribution in [-0.4, -0.2) is 16.1 Å². The fourth-order valence-corrected chi connectivity index (χ4v) is 3.33. The topological polar surface area (TPSA) is 57.8 Å². The summed E-state index contributed by atoms with van der Waals surface area (Å²) in [5.41, 5.74) is 1.79. The maximum atomic E-state index is 12.3. The van der Waals surface area contributed by atoms with Gasteiger partial charge in [0, 0.05) is 17.0 Å². The highest BCUT2D eigenvalue weighted by Crippen LogP contribution is 2.43. The van der Waals surface area contributed by atoms with Crippen LogP contribution in [0.25, 0.3) is 10.9 Å². The average Bonchev–Trinajstić information content (AvgIpc) is 3.13. The SMILES string of the molecule is O=C(Nc1ccc2cn[nH]c2c1)C1CC2C=CC1C2. The van der Waals surface area contributed by atoms with Gasteiger partial charge in [-0.05, 0) is 42.9 Å². The van der Waals surface area contributed by atoms with Gasteiger partial charge in [0.1, 0.15) is 0 Å². The van der Waals surface area contributed by atoms with E-state index in [2.05, 4.69) is 27.7 Å². The normalized spacial score (nSPS) is 28.1. The second-order valence-electron chi connectivity index (χ2n) is 5.55. The van der Waals surface area contributed by atoms with Crippen molar-refractivity contribution in [3.63, 3.8) is 0 Å². The van der Waals surface area contributed by atoms with E-state index in [9.17, 15) is 4.79 Å². The first-order chi connectivity index (χ1) is 9.29. The molecule has 2 aromatic rings. The Bertz CT molecular complexity index is 673. The molecule has 2 N–H and O–H groups in total. The van der Waals surface area contributed by atoms with E-state index in [1.807, 2.05) is 18.2 Å². The summed E-state index contributed by atoms with van der Waals surface area (Å²) >= 11 is 0. The van der Waals surface area contributed by atoms with Crippen LogP contribution in [0.5, 0.6) is 0 Å². The minimum atomic E-state index is 0.146. The van der Waals surface area contributed by atoms with Crippen molar-refractivity contribution in [1.82, 2.24) is 10.2 Å². The molecule has 2 aliphatic carbocycles. The predicted octanol–water partition coefficient (Wildman–Crippen LogP) is 2.71. The van der Waals surface area contributed by atoms with Gasteiger partial charge in [-0.25, -0.2) is 0 Å². The zero-order chi connectivity index (χ0) is 12.8. The van der Waals surface area contributed by atoms with Crippen molar-refractivity contribution in [3.05, 3.63) is 36.5 Å². The van der Waals surface area contributed by atoms with Crippen molar-refractivity contribution < 1.29 is 4.79 Å². The van der Waals surface area contributed by atoms with Gasteiger partial charge < -0.3 is 5.32 Å². The van der Waals surface area contributed by atoms with Crippen molar-refractivity contribution >= 4 is 22.5 Å². The van der Waals surface area contributed by atoms with Gasteiger partial charge in [-0.1, -0.05) is 12.2 Å². The highest BCUT2D eigenvalue weighted by atomic mass is 16.1. The molecule has 0 radical (unpaired) electrons. The quantitative estimate of drug-likeness (QED) is 0.808. The lowest BCUT2D eigenvalue weighted by Crippen LogP contribution is -2.25. The fraction of sp³-hybridized carbons (Fsp3) is 0.333. The molecule has 1 fully saturated rings. The van der Waals surface area contributed by atoms with Crippen LogP contribution in [-0.2, 0) is 4.79 Å². The molecule has 4 nitrogen and oxygen atoms in total. The van der Waals surface area contributed by atoms with Gasteiger partial charge in [0.25, 0.3) is 0 Å². The lowest BCUT2D eigenvalue weighted by Gasteiger charge is -2.17. The monoisotopic (exact) mass is 253 g/mol. The lowest BCUT2D eigenvalue weighted by atomic mass is 9.93. The van der Waals surface area contributed by atoms with Gasteiger partial charge in [-0.3, -0.25) is 9.89 Å². The first kappa shape index (κ1) is 10.8. The second kappa shape index (κ2) is 3.95. The molecule has 2 aliphatic rings. The minimum Gasteiger partial charge on any atom is -0.326 e. The van der Waals surface area contributed by atoms with Crippen LogP contribution in [0.15, 0.2) is 36.5 Å². The molecule has 4 heteroatoms. The van der Waals surface area contributed by atoms with Crippen molar-refractivity contribution in [2.45, 2.75) is 12.8 Å². The molecule has 96 valence electrons. The number of anilines is 1. The highest BCUT2D eigenvalue weighted by molar-refractivity contribution is 5.95. The van der Waals surface area contributed by atoms with Gasteiger partial charge in [0.05, 0.1) is 11.7 Å². The van der Waals surface area contributed by atoms with Gasteiger partial charge in [0.15, 0.2) is 0 Å². The molecule has 0 aliphatic heterocycles. The minimum absolute atomic E-state index is 0.146. The van der Waals surface area contributed by atoms with Crippen molar-refractivity contribution in [2.75, 3.05) is 5.32 Å². The molecule has 1 aromatic heterocycles. The summed E-state index contributed by atoms with van der Waals surface area (Å²) in [5, 5.41) is 11.0. The average molecular weight is 253 g/mol. The molecule has 2 bridgehead atoms. The number of hydrogen-bond donors (Lipinski definition) is 2. The molecule has 1 saturated carbocycles. The molecule has 19 heavy (non-hydrogen) atoms. The summed E-state index contributed by atoms with van der Waals surface area (Å²) in [7, 11) is 0. The van der Waals surface area contributed by atoms with E-state index in [4.69, 9.17) is 0 Å². The van der Waals surface area contributed by atoms with Crippen LogP contribution < -0.4 is 5.32 Å². The zero-order valence-corrected chi connectivity index (χ0v) is 10.5. The van der Waals surface area contributed by atoms with Crippen molar-refractivity contribution in [2.24, 2.45) is 17.8 Å². The standard InChI is InChI=1S/C15H15N3O/c19-15(13-6-9-1-2-10(13)5-9)17-12-4-3-11-8-16-18-14(11)7-12/h1-4,7-10,13H,5-6H2,(H,16,18)(H,17,19). The molecular formula is C15H15N3O. The van der Waals surface area contributed by atoms with E-state index >= 15 is 0 Å². The van der Waals surface area contributed by atoms with Crippen LogP contribution in [0.1, 0.15) is 12.8 Å². The molecule has 1 aromatic carbocycles. The second-order valence-corrected chi connectivity index (χ2v) is 5.55. The van der Waals surface area contributed by atoms with Gasteiger partial charge in [0.2, 0.25) is 5.91 Å². The first-order valence-electron chi connectivity index (χ1n) is 6.72. The molecule has 3 atom stereocenters. The number of aromatic nitrogens is 2. The van der Waals surface area contributed by atoms with E-state index in [1.165, 1.54) is 0 Å². The number of benzene rings is 1. The Kier molecular flexibility index (Phi) is 2.24. The number of allylic oxidation sites excluding steroid dienone is 2. The smallest absolute Gasteiger partial charge is 0.228 e. The van der Waals surface area contributed by atoms with E-state index in [1.54, 1.807) is 6.20 Å². The third-order valence-corrected chi connectivity index (χ3v) is 4.33. The van der Waals surface area contributed by atoms with Crippen LogP contribution in [0, 0.1) is 17.8 Å². The van der Waals surface area contributed by atoms with Crippen LogP contribution in [0.2, 0.25) is 0 Å². The summed E-state index contributed by atoms with van der Waals surface area (Å²) in [6.07, 6.45) is 8.39. The lowest BCUT2D eigenvalue weighted by molar-refractivity contribution is -0.120.